The van der Waals surface area contributed by atoms with E-state index in [2.05, 4.69) is 20.3 Å². The molecule has 1 amide bonds. The smallest absolute Gasteiger partial charge is 0.253 e. The van der Waals surface area contributed by atoms with Crippen LogP contribution < -0.4 is 5.32 Å². The summed E-state index contributed by atoms with van der Waals surface area (Å²) in [5.74, 6) is -0.207. The molecule has 2 aromatic heterocycles. The highest BCUT2D eigenvalue weighted by atomic mass is 16.5. The Morgan fingerprint density at radius 1 is 1.04 bits per heavy atom. The van der Waals surface area contributed by atoms with Gasteiger partial charge in [-0.1, -0.05) is 60.7 Å². The van der Waals surface area contributed by atoms with E-state index < -0.39 is 0 Å². The Balaban J connectivity index is 1.47. The van der Waals surface area contributed by atoms with E-state index in [1.165, 1.54) is 6.20 Å². The van der Waals surface area contributed by atoms with Crippen molar-refractivity contribution < 1.29 is 9.53 Å². The summed E-state index contributed by atoms with van der Waals surface area (Å²) in [5.41, 5.74) is 3.86. The number of aromatic nitrogens is 3. The van der Waals surface area contributed by atoms with E-state index in [1.807, 2.05) is 60.7 Å². The summed E-state index contributed by atoms with van der Waals surface area (Å²) in [4.78, 5) is 24.0. The molecule has 140 valence electrons. The minimum Gasteiger partial charge on any atom is -0.374 e. The Bertz CT molecular complexity index is 1050. The fraction of sp³-hybridized carbons (Fsp3) is 0.136. The molecule has 6 heteroatoms. The third-order valence-electron chi connectivity index (χ3n) is 4.44. The van der Waals surface area contributed by atoms with Crippen LogP contribution in [0.1, 0.15) is 27.5 Å². The highest BCUT2D eigenvalue weighted by Crippen LogP contribution is 2.16. The third-order valence-corrected chi connectivity index (χ3v) is 4.44. The van der Waals surface area contributed by atoms with E-state index >= 15 is 0 Å². The molecule has 0 saturated carbocycles. The van der Waals surface area contributed by atoms with Crippen molar-refractivity contribution in [2.24, 2.45) is 0 Å². The Morgan fingerprint density at radius 2 is 1.79 bits per heavy atom. The predicted molar refractivity (Wildman–Crippen MR) is 107 cm³/mol. The third kappa shape index (κ3) is 4.24. The summed E-state index contributed by atoms with van der Waals surface area (Å²) >= 11 is 0. The SMILES string of the molecule is O=C(NC(COCc1ccccc1)c1ccccc1)c1cnc2nc[nH]c2c1. The maximum absolute atomic E-state index is 12.8. The zero-order valence-corrected chi connectivity index (χ0v) is 15.2. The lowest BCUT2D eigenvalue weighted by Crippen LogP contribution is -2.31. The summed E-state index contributed by atoms with van der Waals surface area (Å²) in [5, 5.41) is 3.05. The number of amides is 1. The van der Waals surface area contributed by atoms with Crippen LogP contribution in [-0.2, 0) is 11.3 Å². The number of hydrogen-bond donors (Lipinski definition) is 2. The zero-order chi connectivity index (χ0) is 19.2. The van der Waals surface area contributed by atoms with Crippen LogP contribution in [0.25, 0.3) is 11.2 Å². The van der Waals surface area contributed by atoms with Crippen LogP contribution >= 0.6 is 0 Å². The molecule has 4 aromatic rings. The molecule has 0 aliphatic heterocycles. The summed E-state index contributed by atoms with van der Waals surface area (Å²) in [6, 6.07) is 21.2. The number of H-pyrrole nitrogens is 1. The largest absolute Gasteiger partial charge is 0.374 e. The van der Waals surface area contributed by atoms with E-state index in [1.54, 1.807) is 12.4 Å². The molecule has 1 atom stereocenters. The molecule has 28 heavy (non-hydrogen) atoms. The second kappa shape index (κ2) is 8.45. The number of ether oxygens (including phenoxy) is 1. The van der Waals surface area contributed by atoms with Gasteiger partial charge >= 0.3 is 0 Å². The first kappa shape index (κ1) is 17.9. The van der Waals surface area contributed by atoms with Gasteiger partial charge in [0.2, 0.25) is 0 Å². The number of aromatic amines is 1. The highest BCUT2D eigenvalue weighted by molar-refractivity contribution is 5.96. The lowest BCUT2D eigenvalue weighted by Gasteiger charge is -2.19. The average Bonchev–Trinajstić information content (AvgIpc) is 3.22. The number of rotatable bonds is 7. The van der Waals surface area contributed by atoms with Gasteiger partial charge in [0, 0.05) is 6.20 Å². The second-order valence-corrected chi connectivity index (χ2v) is 6.44. The van der Waals surface area contributed by atoms with Crippen molar-refractivity contribution in [3.05, 3.63) is 95.9 Å². The zero-order valence-electron chi connectivity index (χ0n) is 15.2. The van der Waals surface area contributed by atoms with Crippen molar-refractivity contribution in [1.29, 1.82) is 0 Å². The monoisotopic (exact) mass is 372 g/mol. The second-order valence-electron chi connectivity index (χ2n) is 6.44. The Kier molecular flexibility index (Phi) is 5.40. The number of benzene rings is 2. The van der Waals surface area contributed by atoms with Crippen molar-refractivity contribution in [3.8, 4) is 0 Å². The predicted octanol–water partition coefficient (Wildman–Crippen LogP) is 3.65. The molecule has 2 N–H and O–H groups in total. The Labute approximate surface area is 162 Å². The Morgan fingerprint density at radius 3 is 2.57 bits per heavy atom. The van der Waals surface area contributed by atoms with Crippen molar-refractivity contribution >= 4 is 17.1 Å². The molecule has 0 aliphatic rings. The first-order valence-electron chi connectivity index (χ1n) is 9.06. The van der Waals surface area contributed by atoms with Crippen LogP contribution in [0.5, 0.6) is 0 Å². The van der Waals surface area contributed by atoms with Crippen LogP contribution in [0.4, 0.5) is 0 Å². The first-order valence-corrected chi connectivity index (χ1v) is 9.06. The lowest BCUT2D eigenvalue weighted by atomic mass is 10.1. The molecule has 0 fully saturated rings. The van der Waals surface area contributed by atoms with Crippen molar-refractivity contribution in [3.63, 3.8) is 0 Å². The minimum absolute atomic E-state index is 0.207. The molecule has 2 heterocycles. The quantitative estimate of drug-likeness (QED) is 0.519. The summed E-state index contributed by atoms with van der Waals surface area (Å²) in [7, 11) is 0. The fourth-order valence-electron chi connectivity index (χ4n) is 2.97. The molecule has 1 unspecified atom stereocenters. The van der Waals surface area contributed by atoms with E-state index in [0.29, 0.717) is 24.4 Å². The number of fused-ring (bicyclic) bond motifs is 1. The van der Waals surface area contributed by atoms with Gasteiger partial charge in [0.1, 0.15) is 0 Å². The summed E-state index contributed by atoms with van der Waals surface area (Å²) in [6.45, 7) is 0.853. The Hall–Kier alpha value is -3.51. The molecular formula is C22H20N4O2. The fourth-order valence-corrected chi connectivity index (χ4v) is 2.97. The summed E-state index contributed by atoms with van der Waals surface area (Å²) < 4.78 is 5.88. The minimum atomic E-state index is -0.269. The van der Waals surface area contributed by atoms with E-state index in [4.69, 9.17) is 4.74 Å². The maximum atomic E-state index is 12.8. The number of carbonyl (C=O) groups excluding carboxylic acids is 1. The van der Waals surface area contributed by atoms with Crippen LogP contribution in [0.3, 0.4) is 0 Å². The number of imidazole rings is 1. The van der Waals surface area contributed by atoms with Gasteiger partial charge in [0.25, 0.3) is 5.91 Å². The lowest BCUT2D eigenvalue weighted by molar-refractivity contribution is 0.0796. The number of hydrogen-bond acceptors (Lipinski definition) is 4. The number of nitrogens with one attached hydrogen (secondary N) is 2. The van der Waals surface area contributed by atoms with Gasteiger partial charge in [-0.2, -0.15) is 0 Å². The number of pyridine rings is 1. The first-order chi connectivity index (χ1) is 13.8. The van der Waals surface area contributed by atoms with Crippen LogP contribution in [0.15, 0.2) is 79.3 Å². The highest BCUT2D eigenvalue weighted by Gasteiger charge is 2.17. The molecule has 6 nitrogen and oxygen atoms in total. The molecule has 0 aliphatic carbocycles. The van der Waals surface area contributed by atoms with Crippen molar-refractivity contribution in [1.82, 2.24) is 20.3 Å². The molecule has 0 saturated heterocycles. The molecule has 0 radical (unpaired) electrons. The molecule has 2 aromatic carbocycles. The molecule has 4 rings (SSSR count). The van der Waals surface area contributed by atoms with Gasteiger partial charge in [0.15, 0.2) is 5.65 Å². The van der Waals surface area contributed by atoms with Crippen molar-refractivity contribution in [2.45, 2.75) is 12.6 Å². The van der Waals surface area contributed by atoms with Crippen LogP contribution in [0, 0.1) is 0 Å². The molecule has 0 spiro atoms. The van der Waals surface area contributed by atoms with Crippen molar-refractivity contribution in [2.75, 3.05) is 6.61 Å². The van der Waals surface area contributed by atoms with Gasteiger partial charge in [-0.25, -0.2) is 9.97 Å². The van der Waals surface area contributed by atoms with Crippen LogP contribution in [-0.4, -0.2) is 27.5 Å². The van der Waals surface area contributed by atoms with E-state index in [0.717, 1.165) is 16.6 Å². The number of carbonyl (C=O) groups is 1. The average molecular weight is 372 g/mol. The van der Waals surface area contributed by atoms with Gasteiger partial charge in [-0.15, -0.1) is 0 Å². The normalized spacial score (nSPS) is 12.0. The standard InChI is InChI=1S/C22H20N4O2/c27-22(18-11-19-21(23-12-18)25-15-24-19)26-20(17-9-5-2-6-10-17)14-28-13-16-7-3-1-4-8-16/h1-12,15,20H,13-14H2,(H,26,27)(H,23,24,25). The topological polar surface area (TPSA) is 79.9 Å². The van der Waals surface area contributed by atoms with E-state index in [9.17, 15) is 4.79 Å². The van der Waals surface area contributed by atoms with Gasteiger partial charge in [0.05, 0.1) is 36.7 Å². The molecular weight excluding hydrogens is 352 g/mol. The maximum Gasteiger partial charge on any atom is 0.253 e. The van der Waals surface area contributed by atoms with Crippen LogP contribution in [0.2, 0.25) is 0 Å². The van der Waals surface area contributed by atoms with Gasteiger partial charge in [-0.3, -0.25) is 4.79 Å². The van der Waals surface area contributed by atoms with Gasteiger partial charge in [-0.05, 0) is 17.2 Å². The summed E-state index contributed by atoms with van der Waals surface area (Å²) in [6.07, 6.45) is 3.09. The van der Waals surface area contributed by atoms with Gasteiger partial charge < -0.3 is 15.0 Å². The van der Waals surface area contributed by atoms with E-state index in [-0.39, 0.29) is 11.9 Å². The molecule has 0 bridgehead atoms. The number of nitrogens with zero attached hydrogens (tertiary/aromatic N) is 2.